The Labute approximate surface area is 150 Å². The van der Waals surface area contributed by atoms with Crippen molar-refractivity contribution < 1.29 is 4.79 Å². The Kier molecular flexibility index (Phi) is 4.58. The van der Waals surface area contributed by atoms with Crippen molar-refractivity contribution in [2.45, 2.75) is 6.54 Å². The summed E-state index contributed by atoms with van der Waals surface area (Å²) in [6.45, 7) is 4.31. The molecule has 0 radical (unpaired) electrons. The quantitative estimate of drug-likeness (QED) is 0.722. The summed E-state index contributed by atoms with van der Waals surface area (Å²) in [6, 6.07) is 9.77. The van der Waals surface area contributed by atoms with E-state index in [1.807, 2.05) is 29.2 Å². The summed E-state index contributed by atoms with van der Waals surface area (Å²) in [7, 11) is 0. The largest absolute Gasteiger partial charge is 0.336 e. The molecule has 0 spiro atoms. The van der Waals surface area contributed by atoms with Crippen molar-refractivity contribution in [2.24, 2.45) is 0 Å². The summed E-state index contributed by atoms with van der Waals surface area (Å²) in [5.74, 6) is 0.0881. The molecule has 1 saturated heterocycles. The van der Waals surface area contributed by atoms with E-state index in [0.29, 0.717) is 5.56 Å². The minimum atomic E-state index is 0.0881. The molecule has 25 heavy (non-hydrogen) atoms. The number of carbonyl (C=O) groups is 1. The second kappa shape index (κ2) is 7.16. The van der Waals surface area contributed by atoms with Gasteiger partial charge in [-0.1, -0.05) is 6.07 Å². The van der Waals surface area contributed by atoms with Crippen LogP contribution in [0.15, 0.2) is 53.7 Å². The lowest BCUT2D eigenvalue weighted by Gasteiger charge is -2.34. The molecular weight excluding hydrogens is 334 g/mol. The van der Waals surface area contributed by atoms with Crippen LogP contribution in [0.25, 0.3) is 5.69 Å². The van der Waals surface area contributed by atoms with E-state index in [2.05, 4.69) is 31.9 Å². The Morgan fingerprint density at radius 2 is 1.88 bits per heavy atom. The zero-order valence-corrected chi connectivity index (χ0v) is 14.6. The number of hydrogen-bond donors (Lipinski definition) is 0. The summed E-state index contributed by atoms with van der Waals surface area (Å²) in [5, 5.41) is 11.9. The first-order valence-corrected chi connectivity index (χ1v) is 9.22. The van der Waals surface area contributed by atoms with E-state index in [-0.39, 0.29) is 5.91 Å². The molecule has 0 unspecified atom stereocenters. The first kappa shape index (κ1) is 16.0. The zero-order valence-electron chi connectivity index (χ0n) is 13.8. The van der Waals surface area contributed by atoms with E-state index in [4.69, 9.17) is 0 Å². The summed E-state index contributed by atoms with van der Waals surface area (Å²) < 4.78 is 1.80. The molecule has 128 valence electrons. The van der Waals surface area contributed by atoms with Crippen molar-refractivity contribution in [1.82, 2.24) is 24.6 Å². The van der Waals surface area contributed by atoms with Gasteiger partial charge in [0.05, 0.1) is 0 Å². The molecule has 4 rings (SSSR count). The number of nitrogens with zero attached hydrogens (tertiary/aromatic N) is 5. The van der Waals surface area contributed by atoms with Crippen LogP contribution in [0, 0.1) is 0 Å². The molecule has 1 aliphatic heterocycles. The topological polar surface area (TPSA) is 54.3 Å². The van der Waals surface area contributed by atoms with Gasteiger partial charge in [-0.25, -0.2) is 0 Å². The molecule has 0 aliphatic carbocycles. The van der Waals surface area contributed by atoms with Gasteiger partial charge in [-0.05, 0) is 40.6 Å². The van der Waals surface area contributed by atoms with Crippen molar-refractivity contribution in [3.8, 4) is 5.69 Å². The predicted molar refractivity (Wildman–Crippen MR) is 96.9 cm³/mol. The minimum Gasteiger partial charge on any atom is -0.336 e. The van der Waals surface area contributed by atoms with E-state index < -0.39 is 0 Å². The molecule has 0 bridgehead atoms. The van der Waals surface area contributed by atoms with Crippen LogP contribution in [-0.2, 0) is 6.54 Å². The van der Waals surface area contributed by atoms with Crippen molar-refractivity contribution in [2.75, 3.05) is 26.2 Å². The molecule has 1 amide bonds. The molecule has 2 aromatic heterocycles. The zero-order chi connectivity index (χ0) is 17.1. The van der Waals surface area contributed by atoms with Crippen LogP contribution >= 0.6 is 11.3 Å². The Hall–Kier alpha value is -2.51. The number of amides is 1. The molecule has 0 N–H and O–H groups in total. The van der Waals surface area contributed by atoms with Crippen molar-refractivity contribution in [3.05, 3.63) is 64.9 Å². The van der Waals surface area contributed by atoms with Gasteiger partial charge >= 0.3 is 0 Å². The van der Waals surface area contributed by atoms with Crippen LogP contribution in [0.3, 0.4) is 0 Å². The van der Waals surface area contributed by atoms with Crippen LogP contribution in [0.4, 0.5) is 0 Å². The Morgan fingerprint density at radius 1 is 1.08 bits per heavy atom. The molecule has 1 aromatic carbocycles. The normalized spacial score (nSPS) is 15.4. The van der Waals surface area contributed by atoms with Gasteiger partial charge in [-0.15, -0.1) is 10.2 Å². The third kappa shape index (κ3) is 3.62. The highest BCUT2D eigenvalue weighted by molar-refractivity contribution is 7.07. The van der Waals surface area contributed by atoms with Crippen LogP contribution in [0.5, 0.6) is 0 Å². The first-order chi connectivity index (χ1) is 12.3. The van der Waals surface area contributed by atoms with E-state index in [1.165, 1.54) is 5.56 Å². The van der Waals surface area contributed by atoms with Gasteiger partial charge in [-0.3, -0.25) is 14.3 Å². The number of rotatable bonds is 4. The summed E-state index contributed by atoms with van der Waals surface area (Å²) in [5.41, 5.74) is 2.95. The lowest BCUT2D eigenvalue weighted by Crippen LogP contribution is -2.48. The minimum absolute atomic E-state index is 0.0881. The predicted octanol–water partition coefficient (Wildman–Crippen LogP) is 2.29. The van der Waals surface area contributed by atoms with E-state index in [0.717, 1.165) is 38.4 Å². The lowest BCUT2D eigenvalue weighted by molar-refractivity contribution is 0.0628. The fraction of sp³-hybridized carbons (Fsp3) is 0.278. The first-order valence-electron chi connectivity index (χ1n) is 8.27. The van der Waals surface area contributed by atoms with Crippen molar-refractivity contribution in [1.29, 1.82) is 0 Å². The Morgan fingerprint density at radius 3 is 2.60 bits per heavy atom. The average Bonchev–Trinajstić information content (AvgIpc) is 3.36. The smallest absolute Gasteiger partial charge is 0.254 e. The summed E-state index contributed by atoms with van der Waals surface area (Å²) >= 11 is 1.73. The van der Waals surface area contributed by atoms with Gasteiger partial charge < -0.3 is 4.90 Å². The number of aromatic nitrogens is 3. The molecule has 0 saturated carbocycles. The van der Waals surface area contributed by atoms with Crippen LogP contribution in [-0.4, -0.2) is 56.7 Å². The van der Waals surface area contributed by atoms with E-state index in [1.54, 1.807) is 28.6 Å². The van der Waals surface area contributed by atoms with Gasteiger partial charge in [0, 0.05) is 44.0 Å². The summed E-state index contributed by atoms with van der Waals surface area (Å²) in [6.07, 6.45) is 3.26. The molecular formula is C18H19N5OS. The highest BCUT2D eigenvalue weighted by atomic mass is 32.1. The maximum absolute atomic E-state index is 12.8. The maximum atomic E-state index is 12.8. The highest BCUT2D eigenvalue weighted by Crippen LogP contribution is 2.15. The van der Waals surface area contributed by atoms with Gasteiger partial charge in [0.25, 0.3) is 5.91 Å². The average molecular weight is 353 g/mol. The number of thiophene rings is 1. The number of benzene rings is 1. The van der Waals surface area contributed by atoms with Gasteiger partial charge in [0.2, 0.25) is 0 Å². The third-order valence-corrected chi connectivity index (χ3v) is 5.19. The third-order valence-electron chi connectivity index (χ3n) is 4.46. The van der Waals surface area contributed by atoms with Gasteiger partial charge in [0.15, 0.2) is 0 Å². The fourth-order valence-corrected chi connectivity index (χ4v) is 3.73. The SMILES string of the molecule is O=C(c1cccc(-n2cnnc2)c1)N1CCN(Cc2ccsc2)CC1. The molecule has 0 atom stereocenters. The Bertz CT molecular complexity index is 823. The monoisotopic (exact) mass is 353 g/mol. The standard InChI is InChI=1S/C18H19N5OS/c24-18(16-2-1-3-17(10-16)23-13-19-20-14-23)22-7-5-21(6-8-22)11-15-4-9-25-12-15/h1-4,9-10,12-14H,5-8,11H2. The molecule has 3 heterocycles. The molecule has 6 nitrogen and oxygen atoms in total. The second-order valence-electron chi connectivity index (χ2n) is 6.12. The van der Waals surface area contributed by atoms with Gasteiger partial charge in [-0.2, -0.15) is 11.3 Å². The van der Waals surface area contributed by atoms with Crippen molar-refractivity contribution in [3.63, 3.8) is 0 Å². The van der Waals surface area contributed by atoms with Crippen LogP contribution < -0.4 is 0 Å². The van der Waals surface area contributed by atoms with E-state index >= 15 is 0 Å². The number of hydrogen-bond acceptors (Lipinski definition) is 5. The molecule has 7 heteroatoms. The second-order valence-corrected chi connectivity index (χ2v) is 6.90. The summed E-state index contributed by atoms with van der Waals surface area (Å²) in [4.78, 5) is 17.2. The van der Waals surface area contributed by atoms with Crippen LogP contribution in [0.2, 0.25) is 0 Å². The Balaban J connectivity index is 1.40. The lowest BCUT2D eigenvalue weighted by atomic mass is 10.1. The van der Waals surface area contributed by atoms with Gasteiger partial charge in [0.1, 0.15) is 12.7 Å². The molecule has 1 aliphatic rings. The van der Waals surface area contributed by atoms with E-state index in [9.17, 15) is 4.79 Å². The van der Waals surface area contributed by atoms with Crippen molar-refractivity contribution >= 4 is 17.2 Å². The molecule has 1 fully saturated rings. The fourth-order valence-electron chi connectivity index (χ4n) is 3.07. The molecule has 3 aromatic rings. The maximum Gasteiger partial charge on any atom is 0.254 e. The number of piperazine rings is 1. The van der Waals surface area contributed by atoms with Crippen LogP contribution in [0.1, 0.15) is 15.9 Å². The number of carbonyl (C=O) groups excluding carboxylic acids is 1. The highest BCUT2D eigenvalue weighted by Gasteiger charge is 2.22.